The number of hydrogen-bond acceptors (Lipinski definition) is 3. The minimum Gasteiger partial charge on any atom is -0.464 e. The minimum absolute atomic E-state index is 0.0615. The van der Waals surface area contributed by atoms with Gasteiger partial charge in [0, 0.05) is 6.54 Å². The molecule has 0 heterocycles. The number of hydrogen-bond donors (Lipinski definition) is 0. The molecule has 1 aromatic carbocycles. The summed E-state index contributed by atoms with van der Waals surface area (Å²) in [6.45, 7) is 1.27. The molecule has 1 aliphatic carbocycles. The highest BCUT2D eigenvalue weighted by atomic mass is 16.5. The number of carbonyl (C=O) groups excluding carboxylic acids is 1. The van der Waals surface area contributed by atoms with Gasteiger partial charge < -0.3 is 9.64 Å². The molecule has 0 bridgehead atoms. The number of nitrogens with zero attached hydrogens (tertiary/aromatic N) is 1. The van der Waals surface area contributed by atoms with Crippen LogP contribution >= 0.6 is 0 Å². The number of rotatable bonds is 5. The van der Waals surface area contributed by atoms with Crippen molar-refractivity contribution in [3.8, 4) is 0 Å². The van der Waals surface area contributed by atoms with Crippen molar-refractivity contribution in [3.63, 3.8) is 0 Å². The maximum atomic E-state index is 12.0. The maximum absolute atomic E-state index is 12.0. The molecule has 2 rings (SSSR count). The molecule has 3 heteroatoms. The second kappa shape index (κ2) is 7.44. The van der Waals surface area contributed by atoms with E-state index >= 15 is 0 Å². The predicted octanol–water partition coefficient (Wildman–Crippen LogP) is 2.99. The van der Waals surface area contributed by atoms with Crippen LogP contribution in [0.25, 0.3) is 0 Å². The predicted molar refractivity (Wildman–Crippen MR) is 80.9 cm³/mol. The third-order valence-corrected chi connectivity index (χ3v) is 3.96. The molecular weight excluding hydrogens is 250 g/mol. The van der Waals surface area contributed by atoms with Crippen molar-refractivity contribution in [1.29, 1.82) is 0 Å². The lowest BCUT2D eigenvalue weighted by Gasteiger charge is -2.17. The van der Waals surface area contributed by atoms with Gasteiger partial charge in [-0.15, -0.1) is 0 Å². The number of likely N-dealkylation sites (N-methyl/N-ethyl adjacent to an activating group) is 1. The van der Waals surface area contributed by atoms with E-state index in [1.807, 2.05) is 19.0 Å². The van der Waals surface area contributed by atoms with Gasteiger partial charge in [0.15, 0.2) is 0 Å². The van der Waals surface area contributed by atoms with Crippen molar-refractivity contribution in [3.05, 3.63) is 35.4 Å². The number of ether oxygens (including phenoxy) is 1. The fourth-order valence-electron chi connectivity index (χ4n) is 2.84. The van der Waals surface area contributed by atoms with Gasteiger partial charge in [0.2, 0.25) is 0 Å². The highest BCUT2D eigenvalue weighted by Gasteiger charge is 2.21. The van der Waals surface area contributed by atoms with Crippen LogP contribution in [0.15, 0.2) is 24.3 Å². The summed E-state index contributed by atoms with van der Waals surface area (Å²) in [5.74, 6) is 0.272. The monoisotopic (exact) mass is 275 g/mol. The van der Waals surface area contributed by atoms with E-state index in [9.17, 15) is 4.79 Å². The molecule has 20 heavy (non-hydrogen) atoms. The SMILES string of the molecule is CN(C)CCOC(=O)CC1CCCCc2ccccc21. The molecule has 0 radical (unpaired) electrons. The normalized spacial score (nSPS) is 18.4. The van der Waals surface area contributed by atoms with Crippen LogP contribution in [0.2, 0.25) is 0 Å². The van der Waals surface area contributed by atoms with Crippen LogP contribution in [0.1, 0.15) is 42.7 Å². The molecule has 0 N–H and O–H groups in total. The Bertz CT molecular complexity index is 442. The Morgan fingerprint density at radius 1 is 1.30 bits per heavy atom. The molecular formula is C17H25NO2. The molecule has 110 valence electrons. The lowest BCUT2D eigenvalue weighted by molar-refractivity contribution is -0.144. The van der Waals surface area contributed by atoms with Crippen molar-refractivity contribution in [1.82, 2.24) is 4.90 Å². The lowest BCUT2D eigenvalue weighted by Crippen LogP contribution is -2.21. The van der Waals surface area contributed by atoms with Crippen LogP contribution in [-0.2, 0) is 16.0 Å². The number of benzene rings is 1. The summed E-state index contributed by atoms with van der Waals surface area (Å²) in [5, 5.41) is 0. The fraction of sp³-hybridized carbons (Fsp3) is 0.588. The summed E-state index contributed by atoms with van der Waals surface area (Å²) >= 11 is 0. The summed E-state index contributed by atoms with van der Waals surface area (Å²) in [7, 11) is 3.96. The van der Waals surface area contributed by atoms with E-state index in [1.54, 1.807) is 0 Å². The van der Waals surface area contributed by atoms with Gasteiger partial charge in [-0.05, 0) is 50.4 Å². The molecule has 0 saturated carbocycles. The third-order valence-electron chi connectivity index (χ3n) is 3.96. The minimum atomic E-state index is -0.0615. The molecule has 0 aliphatic heterocycles. The first-order valence-corrected chi connectivity index (χ1v) is 7.55. The first-order valence-electron chi connectivity index (χ1n) is 7.55. The topological polar surface area (TPSA) is 29.5 Å². The van der Waals surface area contributed by atoms with E-state index in [2.05, 4.69) is 24.3 Å². The molecule has 1 aliphatic rings. The summed E-state index contributed by atoms with van der Waals surface area (Å²) in [4.78, 5) is 14.0. The molecule has 0 fully saturated rings. The van der Waals surface area contributed by atoms with Crippen molar-refractivity contribution < 1.29 is 9.53 Å². The molecule has 1 aromatic rings. The Morgan fingerprint density at radius 3 is 2.90 bits per heavy atom. The van der Waals surface area contributed by atoms with E-state index in [1.165, 1.54) is 24.0 Å². The van der Waals surface area contributed by atoms with E-state index in [4.69, 9.17) is 4.74 Å². The van der Waals surface area contributed by atoms with Crippen LogP contribution in [0.4, 0.5) is 0 Å². The van der Waals surface area contributed by atoms with Crippen molar-refractivity contribution in [2.24, 2.45) is 0 Å². The van der Waals surface area contributed by atoms with Crippen molar-refractivity contribution in [2.45, 2.75) is 38.0 Å². The van der Waals surface area contributed by atoms with Crippen LogP contribution in [-0.4, -0.2) is 38.1 Å². The Morgan fingerprint density at radius 2 is 2.10 bits per heavy atom. The molecule has 0 amide bonds. The first-order chi connectivity index (χ1) is 9.66. The fourth-order valence-corrected chi connectivity index (χ4v) is 2.84. The molecule has 0 spiro atoms. The average Bonchev–Trinajstić information content (AvgIpc) is 2.61. The highest BCUT2D eigenvalue weighted by molar-refractivity contribution is 5.70. The maximum Gasteiger partial charge on any atom is 0.306 e. The van der Waals surface area contributed by atoms with E-state index in [0.29, 0.717) is 18.9 Å². The second-order valence-electron chi connectivity index (χ2n) is 5.87. The van der Waals surface area contributed by atoms with E-state index in [-0.39, 0.29) is 5.97 Å². The summed E-state index contributed by atoms with van der Waals surface area (Å²) in [6, 6.07) is 8.55. The lowest BCUT2D eigenvalue weighted by atomic mass is 9.90. The number of esters is 1. The Balaban J connectivity index is 1.93. The zero-order valence-corrected chi connectivity index (χ0v) is 12.6. The molecule has 1 unspecified atom stereocenters. The van der Waals surface area contributed by atoms with Gasteiger partial charge in [-0.3, -0.25) is 4.79 Å². The number of carbonyl (C=O) groups is 1. The van der Waals surface area contributed by atoms with Crippen LogP contribution in [0, 0.1) is 0 Å². The first kappa shape index (κ1) is 15.0. The Labute approximate surface area is 121 Å². The van der Waals surface area contributed by atoms with Gasteiger partial charge in [0.05, 0.1) is 6.42 Å². The van der Waals surface area contributed by atoms with Gasteiger partial charge in [0.25, 0.3) is 0 Å². The zero-order chi connectivity index (χ0) is 14.4. The molecule has 0 saturated heterocycles. The van der Waals surface area contributed by atoms with Crippen molar-refractivity contribution >= 4 is 5.97 Å². The summed E-state index contributed by atoms with van der Waals surface area (Å²) in [6.07, 6.45) is 5.18. The zero-order valence-electron chi connectivity index (χ0n) is 12.6. The molecule has 3 nitrogen and oxygen atoms in total. The Hall–Kier alpha value is -1.35. The largest absolute Gasteiger partial charge is 0.464 e. The average molecular weight is 275 g/mol. The third kappa shape index (κ3) is 4.34. The van der Waals surface area contributed by atoms with Gasteiger partial charge in [0.1, 0.15) is 6.61 Å². The van der Waals surface area contributed by atoms with Gasteiger partial charge in [-0.1, -0.05) is 30.7 Å². The van der Waals surface area contributed by atoms with Crippen LogP contribution in [0.3, 0.4) is 0 Å². The number of aryl methyl sites for hydroxylation is 1. The van der Waals surface area contributed by atoms with Crippen LogP contribution in [0.5, 0.6) is 0 Å². The van der Waals surface area contributed by atoms with Crippen LogP contribution < -0.4 is 0 Å². The number of fused-ring (bicyclic) bond motifs is 1. The van der Waals surface area contributed by atoms with Crippen molar-refractivity contribution in [2.75, 3.05) is 27.2 Å². The molecule has 1 atom stereocenters. The quantitative estimate of drug-likeness (QED) is 0.611. The summed E-state index contributed by atoms with van der Waals surface area (Å²) in [5.41, 5.74) is 2.77. The molecule has 0 aromatic heterocycles. The van der Waals surface area contributed by atoms with Gasteiger partial charge in [-0.25, -0.2) is 0 Å². The van der Waals surface area contributed by atoms with E-state index in [0.717, 1.165) is 19.4 Å². The van der Waals surface area contributed by atoms with E-state index < -0.39 is 0 Å². The van der Waals surface area contributed by atoms with Gasteiger partial charge >= 0.3 is 5.97 Å². The Kier molecular flexibility index (Phi) is 5.60. The standard InChI is InChI=1S/C17H25NO2/c1-18(2)11-12-20-17(19)13-15-9-4-3-7-14-8-5-6-10-16(14)15/h5-6,8,10,15H,3-4,7,9,11-13H2,1-2H3. The highest BCUT2D eigenvalue weighted by Crippen LogP contribution is 2.32. The van der Waals surface area contributed by atoms with Gasteiger partial charge in [-0.2, -0.15) is 0 Å². The summed E-state index contributed by atoms with van der Waals surface area (Å²) < 4.78 is 5.33. The second-order valence-corrected chi connectivity index (χ2v) is 5.87. The smallest absolute Gasteiger partial charge is 0.306 e.